The number of carbonyl (C=O) groups excluding carboxylic acids is 7. The molecule has 2 aromatic carbocycles. The van der Waals surface area contributed by atoms with E-state index in [2.05, 4.69) is 71.8 Å². The second-order valence-corrected chi connectivity index (χ2v) is 21.9. The van der Waals surface area contributed by atoms with Crippen LogP contribution in [0.1, 0.15) is 137 Å². The Morgan fingerprint density at radius 2 is 1.10 bits per heavy atom. The summed E-state index contributed by atoms with van der Waals surface area (Å²) in [5.74, 6) is -3.00. The van der Waals surface area contributed by atoms with Crippen LogP contribution >= 0.6 is 0 Å². The minimum atomic E-state index is -0.999. The summed E-state index contributed by atoms with van der Waals surface area (Å²) in [5.41, 5.74) is 2.72. The third-order valence-electron chi connectivity index (χ3n) is 13.9. The molecule has 0 aliphatic carbocycles. The second kappa shape index (κ2) is 24.0. The van der Waals surface area contributed by atoms with Crippen molar-refractivity contribution in [3.8, 4) is 0 Å². The number of nitrogens with one attached hydrogen (secondary N) is 9. The van der Waals surface area contributed by atoms with Gasteiger partial charge in [0.05, 0.1) is 18.1 Å². The number of amides is 7. The lowest BCUT2D eigenvalue weighted by Gasteiger charge is -2.36. The topological polar surface area (TPSA) is 251 Å². The van der Waals surface area contributed by atoms with E-state index in [4.69, 9.17) is 0 Å². The van der Waals surface area contributed by atoms with E-state index in [1.54, 1.807) is 32.8 Å². The van der Waals surface area contributed by atoms with E-state index in [-0.39, 0.29) is 60.7 Å². The van der Waals surface area contributed by atoms with Gasteiger partial charge in [0.25, 0.3) is 11.8 Å². The number of benzene rings is 2. The molecule has 1 aromatic heterocycles. The molecule has 0 radical (unpaired) electrons. The van der Waals surface area contributed by atoms with Gasteiger partial charge in [-0.05, 0) is 90.4 Å². The van der Waals surface area contributed by atoms with Crippen molar-refractivity contribution in [2.75, 3.05) is 33.7 Å². The van der Waals surface area contributed by atoms with Gasteiger partial charge in [-0.15, -0.1) is 0 Å². The third-order valence-corrected chi connectivity index (χ3v) is 13.9. The molecule has 0 bridgehead atoms. The number of hydrogen-bond acceptors (Lipinski definition) is 11. The van der Waals surface area contributed by atoms with Gasteiger partial charge in [-0.2, -0.15) is 5.10 Å². The zero-order valence-electron chi connectivity index (χ0n) is 44.7. The maximum absolute atomic E-state index is 14.5. The summed E-state index contributed by atoms with van der Waals surface area (Å²) in [6.07, 6.45) is 0.485. The van der Waals surface area contributed by atoms with Crippen LogP contribution in [0.25, 0.3) is 0 Å². The fraction of sp³-hybridized carbons (Fsp3) is 0.585. The first-order valence-electron chi connectivity index (χ1n) is 25.1. The Bertz CT molecular complexity index is 2390. The molecule has 19 heteroatoms. The van der Waals surface area contributed by atoms with E-state index in [0.29, 0.717) is 13.0 Å². The van der Waals surface area contributed by atoms with Gasteiger partial charge in [-0.1, -0.05) is 101 Å². The van der Waals surface area contributed by atoms with Gasteiger partial charge in [-0.25, -0.2) is 0 Å². The Hall–Kier alpha value is -6.18. The Kier molecular flexibility index (Phi) is 18.9. The number of aromatic nitrogens is 2. The molecule has 3 heterocycles. The SMILES string of the molecule is CN[C@@H](C)C(=O)N[C@H](C(=O)N1C[C@@H](NC(=O)c2cc(C(=O)N[C@H]3C[C@@H](C(=O)N[C@H](C)c4ccc(C)cc4)N(C(=O)[C@@H](NC(=O)[C@H](C)NC)C(C)(C)C)C3)[nH]n2)C[C@H]1CN[C@H](C)c1ccc(C)cc1)C(C)(C)C. The minimum absolute atomic E-state index is 0.0187. The van der Waals surface area contributed by atoms with Gasteiger partial charge in [-0.3, -0.25) is 38.7 Å². The zero-order valence-corrected chi connectivity index (χ0v) is 44.7. The van der Waals surface area contributed by atoms with E-state index in [9.17, 15) is 33.6 Å². The van der Waals surface area contributed by atoms with Crippen LogP contribution in [0.5, 0.6) is 0 Å². The quantitative estimate of drug-likeness (QED) is 0.0845. The van der Waals surface area contributed by atoms with Crippen molar-refractivity contribution < 1.29 is 33.6 Å². The first-order valence-corrected chi connectivity index (χ1v) is 25.1. The molecule has 394 valence electrons. The van der Waals surface area contributed by atoms with E-state index in [1.807, 2.05) is 98.7 Å². The summed E-state index contributed by atoms with van der Waals surface area (Å²) in [6, 6.07) is 11.4. The summed E-state index contributed by atoms with van der Waals surface area (Å²) in [5, 5.41) is 31.1. The Balaban J connectivity index is 1.32. The molecule has 0 spiro atoms. The van der Waals surface area contributed by atoms with Crippen molar-refractivity contribution in [1.29, 1.82) is 0 Å². The summed E-state index contributed by atoms with van der Waals surface area (Å²) in [6.45, 7) is 23.1. The van der Waals surface area contributed by atoms with Gasteiger partial charge in [0.1, 0.15) is 23.8 Å². The molecule has 72 heavy (non-hydrogen) atoms. The fourth-order valence-corrected chi connectivity index (χ4v) is 8.95. The highest BCUT2D eigenvalue weighted by atomic mass is 16.2. The summed E-state index contributed by atoms with van der Waals surface area (Å²) < 4.78 is 0. The molecule has 19 nitrogen and oxygen atoms in total. The number of rotatable bonds is 19. The molecule has 2 aliphatic heterocycles. The van der Waals surface area contributed by atoms with Crippen molar-refractivity contribution in [1.82, 2.24) is 62.5 Å². The first kappa shape index (κ1) is 56.7. The normalized spacial score (nSPS) is 20.6. The number of likely N-dealkylation sites (tertiary alicyclic amines) is 2. The molecule has 5 rings (SSSR count). The highest BCUT2D eigenvalue weighted by Gasteiger charge is 2.47. The number of aromatic amines is 1. The van der Waals surface area contributed by atoms with Crippen molar-refractivity contribution in [2.45, 2.75) is 156 Å². The second-order valence-electron chi connectivity index (χ2n) is 21.9. The van der Waals surface area contributed by atoms with E-state index >= 15 is 0 Å². The van der Waals surface area contributed by atoms with Crippen LogP contribution < -0.4 is 42.5 Å². The van der Waals surface area contributed by atoms with Crippen LogP contribution in [0.2, 0.25) is 0 Å². The van der Waals surface area contributed by atoms with Crippen LogP contribution in [0.4, 0.5) is 0 Å². The molecular weight excluding hydrogens is 917 g/mol. The van der Waals surface area contributed by atoms with Crippen molar-refractivity contribution in [3.05, 3.63) is 88.2 Å². The Morgan fingerprint density at radius 3 is 1.60 bits per heavy atom. The maximum atomic E-state index is 14.5. The van der Waals surface area contributed by atoms with Gasteiger partial charge in [0.15, 0.2) is 5.69 Å². The molecule has 2 fully saturated rings. The van der Waals surface area contributed by atoms with Gasteiger partial charge in [0.2, 0.25) is 29.5 Å². The number of hydrogen-bond donors (Lipinski definition) is 9. The number of aryl methyl sites for hydroxylation is 2. The van der Waals surface area contributed by atoms with Crippen molar-refractivity contribution >= 4 is 41.4 Å². The molecule has 9 N–H and O–H groups in total. The molecule has 2 saturated heterocycles. The highest BCUT2D eigenvalue weighted by molar-refractivity contribution is 5.99. The van der Waals surface area contributed by atoms with Crippen molar-refractivity contribution in [3.63, 3.8) is 0 Å². The highest BCUT2D eigenvalue weighted by Crippen LogP contribution is 2.29. The molecule has 2 aliphatic rings. The fourth-order valence-electron chi connectivity index (χ4n) is 8.95. The van der Waals surface area contributed by atoms with Gasteiger partial charge < -0.3 is 52.3 Å². The number of carbonyl (C=O) groups is 7. The zero-order chi connectivity index (χ0) is 53.4. The van der Waals surface area contributed by atoms with E-state index < -0.39 is 82.8 Å². The van der Waals surface area contributed by atoms with Crippen LogP contribution in [-0.4, -0.2) is 143 Å². The lowest BCUT2D eigenvalue weighted by molar-refractivity contribution is -0.144. The third kappa shape index (κ3) is 14.5. The van der Waals surface area contributed by atoms with Crippen LogP contribution in [0.15, 0.2) is 54.6 Å². The minimum Gasteiger partial charge on any atom is -0.348 e. The summed E-state index contributed by atoms with van der Waals surface area (Å²) >= 11 is 0. The first-order chi connectivity index (χ1) is 33.7. The lowest BCUT2D eigenvalue weighted by atomic mass is 9.85. The van der Waals surface area contributed by atoms with E-state index in [1.165, 1.54) is 11.0 Å². The van der Waals surface area contributed by atoms with Crippen LogP contribution in [0, 0.1) is 24.7 Å². The predicted octanol–water partition coefficient (Wildman–Crippen LogP) is 2.93. The Morgan fingerprint density at radius 1 is 0.639 bits per heavy atom. The van der Waals surface area contributed by atoms with Crippen molar-refractivity contribution in [2.24, 2.45) is 10.8 Å². The number of nitrogens with zero attached hydrogens (tertiary/aromatic N) is 3. The molecule has 0 unspecified atom stereocenters. The van der Waals surface area contributed by atoms with Gasteiger partial charge >= 0.3 is 0 Å². The van der Waals surface area contributed by atoms with Crippen LogP contribution in [-0.2, 0) is 24.0 Å². The predicted molar refractivity (Wildman–Crippen MR) is 276 cm³/mol. The van der Waals surface area contributed by atoms with E-state index in [0.717, 1.165) is 22.3 Å². The largest absolute Gasteiger partial charge is 0.348 e. The number of likely N-dealkylation sites (N-methyl/N-ethyl adjacent to an activating group) is 2. The lowest BCUT2D eigenvalue weighted by Crippen LogP contribution is -2.59. The monoisotopic (exact) mass is 997 g/mol. The molecule has 0 saturated carbocycles. The molecule has 10 atom stereocenters. The average molecular weight is 997 g/mol. The Labute approximate surface area is 425 Å². The van der Waals surface area contributed by atoms with Gasteiger partial charge in [0, 0.05) is 49.9 Å². The summed E-state index contributed by atoms with van der Waals surface area (Å²) in [7, 11) is 3.32. The molecular formula is C53H80N12O7. The molecule has 7 amide bonds. The standard InChI is InChI=1S/C53H80N12O7/c1-29-15-19-35(20-16-29)31(3)56-26-39-23-37(27-64(39)50(71)43(52(7,8)9)60-45(66)33(5)54-13)58-47(68)40-25-41(63-62-40)48(69)59-38-24-42(49(70)57-32(4)36-21-17-30(2)18-22-36)65(28-38)51(72)44(53(10,11)12)61-46(67)34(6)55-14/h15-22,25,31-34,37-39,42-44,54-56H,23-24,26-28H2,1-14H3,(H,57,70)(H,58,68)(H,59,69)(H,60,66)(H,61,67)(H,62,63)/t31-,32-,33+,34+,37+,38+,39+,42+,43-,44-/m1/s1. The van der Waals surface area contributed by atoms with Crippen LogP contribution in [0.3, 0.4) is 0 Å². The smallest absolute Gasteiger partial charge is 0.272 e. The number of H-pyrrole nitrogens is 1. The summed E-state index contributed by atoms with van der Waals surface area (Å²) in [4.78, 5) is 100. The average Bonchev–Trinajstić information content (AvgIpc) is 4.10. The molecule has 3 aromatic rings. The maximum Gasteiger partial charge on any atom is 0.272 e.